The van der Waals surface area contributed by atoms with Gasteiger partial charge in [0.1, 0.15) is 13.2 Å². The molecule has 0 heterocycles. The zero-order valence-corrected chi connectivity index (χ0v) is 49.9. The van der Waals surface area contributed by atoms with E-state index in [2.05, 4.69) is 191 Å². The Bertz CT molecular complexity index is 1810. The molecular formula is C72H112O6. The van der Waals surface area contributed by atoms with Crippen molar-refractivity contribution in [3.05, 3.63) is 170 Å². The molecule has 0 rings (SSSR count). The summed E-state index contributed by atoms with van der Waals surface area (Å²) in [6, 6.07) is 0. The molecule has 6 heteroatoms. The van der Waals surface area contributed by atoms with Crippen molar-refractivity contribution in [1.82, 2.24) is 0 Å². The van der Waals surface area contributed by atoms with Gasteiger partial charge in [-0.2, -0.15) is 0 Å². The van der Waals surface area contributed by atoms with E-state index in [9.17, 15) is 14.4 Å². The molecule has 436 valence electrons. The first-order chi connectivity index (χ1) is 38.5. The molecule has 0 aliphatic rings. The van der Waals surface area contributed by atoms with Gasteiger partial charge in [0.05, 0.1) is 0 Å². The van der Waals surface area contributed by atoms with E-state index in [0.717, 1.165) is 167 Å². The van der Waals surface area contributed by atoms with E-state index < -0.39 is 6.10 Å². The normalized spacial score (nSPS) is 13.3. The Morgan fingerprint density at radius 3 is 0.795 bits per heavy atom. The molecule has 0 N–H and O–H groups in total. The van der Waals surface area contributed by atoms with Crippen LogP contribution in [0.2, 0.25) is 0 Å². The second-order valence-corrected chi connectivity index (χ2v) is 19.9. The Kier molecular flexibility index (Phi) is 60.0. The number of carbonyl (C=O) groups is 3. The second-order valence-electron chi connectivity index (χ2n) is 19.9. The number of rotatable bonds is 54. The van der Waals surface area contributed by atoms with E-state index in [0.29, 0.717) is 19.3 Å². The van der Waals surface area contributed by atoms with Gasteiger partial charge in [-0.05, 0) is 135 Å². The van der Waals surface area contributed by atoms with Crippen molar-refractivity contribution in [2.75, 3.05) is 13.2 Å². The van der Waals surface area contributed by atoms with E-state index >= 15 is 0 Å². The Morgan fingerprint density at radius 2 is 0.500 bits per heavy atom. The predicted octanol–water partition coefficient (Wildman–Crippen LogP) is 21.5. The molecule has 0 saturated heterocycles. The largest absolute Gasteiger partial charge is 0.462 e. The highest BCUT2D eigenvalue weighted by Crippen LogP contribution is 2.13. The first-order valence-corrected chi connectivity index (χ1v) is 31.1. The molecule has 0 amide bonds. The smallest absolute Gasteiger partial charge is 0.306 e. The number of unbranched alkanes of at least 4 members (excludes halogenated alkanes) is 15. The van der Waals surface area contributed by atoms with Crippen LogP contribution in [0.5, 0.6) is 0 Å². The third-order valence-electron chi connectivity index (χ3n) is 12.5. The summed E-state index contributed by atoms with van der Waals surface area (Å²) in [7, 11) is 0. The number of allylic oxidation sites excluding steroid dienone is 28. The molecule has 1 atom stereocenters. The maximum absolute atomic E-state index is 12.9. The Morgan fingerprint density at radius 1 is 0.269 bits per heavy atom. The van der Waals surface area contributed by atoms with Crippen LogP contribution in [0.25, 0.3) is 0 Å². The van der Waals surface area contributed by atoms with Crippen LogP contribution in [-0.2, 0) is 28.6 Å². The summed E-state index contributed by atoms with van der Waals surface area (Å²) in [5, 5.41) is 0. The second kappa shape index (κ2) is 64.3. The van der Waals surface area contributed by atoms with Crippen LogP contribution in [0.3, 0.4) is 0 Å². The van der Waals surface area contributed by atoms with Gasteiger partial charge in [-0.3, -0.25) is 14.4 Å². The van der Waals surface area contributed by atoms with Crippen LogP contribution in [0.4, 0.5) is 0 Å². The van der Waals surface area contributed by atoms with Gasteiger partial charge in [-0.25, -0.2) is 0 Å². The highest BCUT2D eigenvalue weighted by atomic mass is 16.6. The topological polar surface area (TPSA) is 78.9 Å². The summed E-state index contributed by atoms with van der Waals surface area (Å²) in [5.74, 6) is -0.970. The van der Waals surface area contributed by atoms with Gasteiger partial charge < -0.3 is 14.2 Å². The van der Waals surface area contributed by atoms with E-state index in [1.165, 1.54) is 32.1 Å². The minimum absolute atomic E-state index is 0.105. The number of hydrogen-bond acceptors (Lipinski definition) is 6. The maximum Gasteiger partial charge on any atom is 0.306 e. The van der Waals surface area contributed by atoms with Gasteiger partial charge in [0, 0.05) is 19.3 Å². The minimum atomic E-state index is -0.812. The average Bonchev–Trinajstić information content (AvgIpc) is 3.44. The van der Waals surface area contributed by atoms with Crippen molar-refractivity contribution in [2.45, 2.75) is 252 Å². The van der Waals surface area contributed by atoms with Crippen molar-refractivity contribution in [2.24, 2.45) is 0 Å². The lowest BCUT2D eigenvalue weighted by atomic mass is 10.1. The predicted molar refractivity (Wildman–Crippen MR) is 338 cm³/mol. The summed E-state index contributed by atoms with van der Waals surface area (Å²) < 4.78 is 16.8. The van der Waals surface area contributed by atoms with Crippen LogP contribution < -0.4 is 0 Å². The molecule has 0 fully saturated rings. The Labute approximate surface area is 479 Å². The zero-order chi connectivity index (χ0) is 56.4. The van der Waals surface area contributed by atoms with Crippen molar-refractivity contribution >= 4 is 17.9 Å². The van der Waals surface area contributed by atoms with Crippen LogP contribution in [0, 0.1) is 0 Å². The molecule has 78 heavy (non-hydrogen) atoms. The van der Waals surface area contributed by atoms with Crippen molar-refractivity contribution < 1.29 is 28.6 Å². The molecule has 0 aliphatic carbocycles. The third kappa shape index (κ3) is 61.6. The van der Waals surface area contributed by atoms with Crippen molar-refractivity contribution in [1.29, 1.82) is 0 Å². The lowest BCUT2D eigenvalue weighted by Crippen LogP contribution is -2.30. The van der Waals surface area contributed by atoms with Crippen LogP contribution >= 0.6 is 0 Å². The third-order valence-corrected chi connectivity index (χ3v) is 12.5. The Hall–Kier alpha value is -5.23. The zero-order valence-electron chi connectivity index (χ0n) is 49.9. The van der Waals surface area contributed by atoms with E-state index in [1.54, 1.807) is 0 Å². The van der Waals surface area contributed by atoms with Gasteiger partial charge in [0.2, 0.25) is 0 Å². The summed E-state index contributed by atoms with van der Waals surface area (Å²) in [4.78, 5) is 38.1. The quantitative estimate of drug-likeness (QED) is 0.0261. The molecule has 0 aromatic rings. The fourth-order valence-corrected chi connectivity index (χ4v) is 7.87. The molecule has 0 radical (unpaired) electrons. The Balaban J connectivity index is 4.37. The van der Waals surface area contributed by atoms with Gasteiger partial charge in [-0.1, -0.05) is 262 Å². The van der Waals surface area contributed by atoms with E-state index in [1.807, 2.05) is 0 Å². The molecule has 6 nitrogen and oxygen atoms in total. The first-order valence-electron chi connectivity index (χ1n) is 31.1. The first kappa shape index (κ1) is 72.8. The summed E-state index contributed by atoms with van der Waals surface area (Å²) in [5.41, 5.74) is 0. The fourth-order valence-electron chi connectivity index (χ4n) is 7.87. The number of esters is 3. The lowest BCUT2D eigenvalue weighted by Gasteiger charge is -2.18. The number of hydrogen-bond donors (Lipinski definition) is 0. The molecule has 0 aromatic carbocycles. The van der Waals surface area contributed by atoms with Crippen molar-refractivity contribution in [3.63, 3.8) is 0 Å². The summed E-state index contributed by atoms with van der Waals surface area (Å²) >= 11 is 0. The molecule has 0 spiro atoms. The van der Waals surface area contributed by atoms with Crippen LogP contribution in [-0.4, -0.2) is 37.2 Å². The minimum Gasteiger partial charge on any atom is -0.462 e. The van der Waals surface area contributed by atoms with Gasteiger partial charge in [0.15, 0.2) is 6.10 Å². The fraction of sp³-hybridized carbons (Fsp3) is 0.569. The van der Waals surface area contributed by atoms with E-state index in [4.69, 9.17) is 14.2 Å². The molecule has 0 aliphatic heterocycles. The van der Waals surface area contributed by atoms with Gasteiger partial charge in [-0.15, -0.1) is 0 Å². The summed E-state index contributed by atoms with van der Waals surface area (Å²) in [6.45, 7) is 6.32. The highest BCUT2D eigenvalue weighted by molar-refractivity contribution is 5.71. The van der Waals surface area contributed by atoms with Gasteiger partial charge >= 0.3 is 17.9 Å². The number of ether oxygens (including phenoxy) is 3. The monoisotopic (exact) mass is 1070 g/mol. The maximum atomic E-state index is 12.9. The van der Waals surface area contributed by atoms with Crippen molar-refractivity contribution in [3.8, 4) is 0 Å². The highest BCUT2D eigenvalue weighted by Gasteiger charge is 2.19. The van der Waals surface area contributed by atoms with E-state index in [-0.39, 0.29) is 37.5 Å². The molecular weight excluding hydrogens is 961 g/mol. The molecule has 0 aromatic heterocycles. The van der Waals surface area contributed by atoms with Gasteiger partial charge in [0.25, 0.3) is 0 Å². The lowest BCUT2D eigenvalue weighted by molar-refractivity contribution is -0.167. The molecule has 1 unspecified atom stereocenters. The standard InChI is InChI=1S/C72H112O6/c1-4-7-10-13-16-19-21-23-25-27-29-31-33-35-36-38-39-41-43-45-47-49-51-53-56-59-62-65-71(74)77-68-69(67-76-70(73)64-61-58-55-18-15-12-9-6-3)78-72(75)66-63-60-57-54-52-50-48-46-44-42-40-37-34-32-30-28-26-24-22-20-17-14-11-8-5-2/h7-8,10-11,16-17,19-20,23-26,29-32,35-37,39-41,44-47,50,52,69H,4-6,9,12-15,18,21-22,27-28,33-34,38,42-43,48-49,51,53-68H2,1-3H3/b10-7-,11-8-,19-16-,20-17-,25-23-,26-24-,31-29-,32-30-,36-35-,40-37-,41-39-,46-44-,47-45-,52-50-. The SMILES string of the molecule is CC/C=C\C/C=C\C/C=C\C/C=C\C/C=C\C/C=C\C/C=C\CCCCCCCC(=O)OCC(COC(=O)CCCCCCCCCC)OC(=O)CCCCC/C=C\C/C=C\C/C=C\C/C=C\C/C=C\C/C=C\C/C=C\CC. The molecule has 0 saturated carbocycles. The van der Waals surface area contributed by atoms with Crippen LogP contribution in [0.1, 0.15) is 245 Å². The van der Waals surface area contributed by atoms with Crippen LogP contribution in [0.15, 0.2) is 170 Å². The number of carbonyl (C=O) groups excluding carboxylic acids is 3. The summed E-state index contributed by atoms with van der Waals surface area (Å²) in [6.07, 6.45) is 95.1. The molecule has 0 bridgehead atoms. The average molecular weight is 1070 g/mol.